The molecular formula is C16H23N5. The Morgan fingerprint density at radius 3 is 2.71 bits per heavy atom. The van der Waals surface area contributed by atoms with Crippen LogP contribution in [-0.4, -0.2) is 39.7 Å². The van der Waals surface area contributed by atoms with Crippen LogP contribution in [0, 0.1) is 0 Å². The van der Waals surface area contributed by atoms with E-state index in [0.29, 0.717) is 0 Å². The van der Waals surface area contributed by atoms with Crippen molar-refractivity contribution in [2.45, 2.75) is 32.1 Å². The smallest absolute Gasteiger partial charge is 0.181 e. The molecule has 112 valence electrons. The van der Waals surface area contributed by atoms with E-state index in [1.54, 1.807) is 0 Å². The Balaban J connectivity index is 1.60. The number of benzene rings is 1. The van der Waals surface area contributed by atoms with Gasteiger partial charge < -0.3 is 10.6 Å². The van der Waals surface area contributed by atoms with Crippen LogP contribution in [0.15, 0.2) is 24.3 Å². The molecule has 2 heterocycles. The molecule has 5 heteroatoms. The maximum atomic E-state index is 5.80. The molecule has 21 heavy (non-hydrogen) atoms. The van der Waals surface area contributed by atoms with Gasteiger partial charge in [-0.15, -0.1) is 0 Å². The molecule has 0 aliphatic carbocycles. The van der Waals surface area contributed by atoms with Crippen LogP contribution in [0.2, 0.25) is 0 Å². The number of H-pyrrole nitrogens is 1. The van der Waals surface area contributed by atoms with E-state index in [-0.39, 0.29) is 0 Å². The van der Waals surface area contributed by atoms with Gasteiger partial charge in [0.2, 0.25) is 0 Å². The number of nitrogens with two attached hydrogens (primary N) is 1. The average molecular weight is 285 g/mol. The van der Waals surface area contributed by atoms with Crippen molar-refractivity contribution in [1.29, 1.82) is 0 Å². The van der Waals surface area contributed by atoms with Crippen LogP contribution in [0.4, 0.5) is 5.69 Å². The van der Waals surface area contributed by atoms with E-state index < -0.39 is 0 Å². The number of nitrogens with one attached hydrogen (secondary N) is 1. The van der Waals surface area contributed by atoms with E-state index in [4.69, 9.17) is 5.73 Å². The number of nitrogens with zero attached hydrogens (tertiary/aromatic N) is 3. The van der Waals surface area contributed by atoms with Crippen LogP contribution in [0.25, 0.3) is 11.4 Å². The standard InChI is InChI=1S/C16H23N5/c17-14-7-5-6-13(12-14)16-18-15(19-20-16)8-11-21-9-3-1-2-4-10-21/h5-7,12H,1-4,8-11,17H2,(H,18,19,20). The van der Waals surface area contributed by atoms with E-state index >= 15 is 0 Å². The zero-order valence-corrected chi connectivity index (χ0v) is 12.4. The van der Waals surface area contributed by atoms with Crippen molar-refractivity contribution >= 4 is 5.69 Å². The van der Waals surface area contributed by atoms with Gasteiger partial charge in [0.15, 0.2) is 5.82 Å². The van der Waals surface area contributed by atoms with E-state index in [1.165, 1.54) is 38.8 Å². The Morgan fingerprint density at radius 1 is 1.14 bits per heavy atom. The van der Waals surface area contributed by atoms with Crippen LogP contribution in [0.1, 0.15) is 31.5 Å². The van der Waals surface area contributed by atoms with Gasteiger partial charge in [0.05, 0.1) is 0 Å². The van der Waals surface area contributed by atoms with E-state index in [2.05, 4.69) is 20.1 Å². The third-order valence-corrected chi connectivity index (χ3v) is 4.04. The van der Waals surface area contributed by atoms with E-state index in [9.17, 15) is 0 Å². The Morgan fingerprint density at radius 2 is 1.95 bits per heavy atom. The number of hydrogen-bond acceptors (Lipinski definition) is 4. The van der Waals surface area contributed by atoms with Crippen LogP contribution < -0.4 is 5.73 Å². The Kier molecular flexibility index (Phi) is 4.50. The highest BCUT2D eigenvalue weighted by Gasteiger charge is 2.11. The van der Waals surface area contributed by atoms with Crippen molar-refractivity contribution in [3.63, 3.8) is 0 Å². The summed E-state index contributed by atoms with van der Waals surface area (Å²) in [5, 5.41) is 7.35. The Bertz CT molecular complexity index is 570. The molecule has 2 aromatic rings. The molecule has 0 bridgehead atoms. The minimum atomic E-state index is 0.730. The van der Waals surface area contributed by atoms with Gasteiger partial charge in [0.25, 0.3) is 0 Å². The van der Waals surface area contributed by atoms with Crippen molar-refractivity contribution < 1.29 is 0 Å². The summed E-state index contributed by atoms with van der Waals surface area (Å²) in [6.07, 6.45) is 6.32. The monoisotopic (exact) mass is 285 g/mol. The van der Waals surface area contributed by atoms with Gasteiger partial charge in [0.1, 0.15) is 5.82 Å². The summed E-state index contributed by atoms with van der Waals surface area (Å²) in [7, 11) is 0. The lowest BCUT2D eigenvalue weighted by atomic mass is 10.2. The minimum Gasteiger partial charge on any atom is -0.399 e. The number of hydrogen-bond donors (Lipinski definition) is 2. The first-order valence-corrected chi connectivity index (χ1v) is 7.81. The van der Waals surface area contributed by atoms with Gasteiger partial charge in [-0.05, 0) is 38.1 Å². The molecule has 5 nitrogen and oxygen atoms in total. The summed E-state index contributed by atoms with van der Waals surface area (Å²) in [5.74, 6) is 1.69. The van der Waals surface area contributed by atoms with Gasteiger partial charge in [-0.1, -0.05) is 25.0 Å². The third kappa shape index (κ3) is 3.82. The molecule has 0 saturated carbocycles. The summed E-state index contributed by atoms with van der Waals surface area (Å²) < 4.78 is 0. The van der Waals surface area contributed by atoms with Crippen molar-refractivity contribution in [3.8, 4) is 11.4 Å². The summed E-state index contributed by atoms with van der Waals surface area (Å²) in [6, 6.07) is 7.69. The second-order valence-corrected chi connectivity index (χ2v) is 5.74. The summed E-state index contributed by atoms with van der Waals surface area (Å²) in [6.45, 7) is 3.50. The van der Waals surface area contributed by atoms with Gasteiger partial charge >= 0.3 is 0 Å². The van der Waals surface area contributed by atoms with Crippen molar-refractivity contribution in [2.24, 2.45) is 0 Å². The van der Waals surface area contributed by atoms with Crippen molar-refractivity contribution in [3.05, 3.63) is 30.1 Å². The predicted octanol–water partition coefficient (Wildman–Crippen LogP) is 2.47. The Hall–Kier alpha value is -1.88. The van der Waals surface area contributed by atoms with Gasteiger partial charge in [-0.3, -0.25) is 5.10 Å². The fourth-order valence-electron chi connectivity index (χ4n) is 2.84. The lowest BCUT2D eigenvalue weighted by Gasteiger charge is -2.18. The second kappa shape index (κ2) is 6.72. The SMILES string of the molecule is Nc1cccc(-c2n[nH]c(CCN3CCCCCC3)n2)c1. The molecule has 0 radical (unpaired) electrons. The molecule has 0 amide bonds. The largest absolute Gasteiger partial charge is 0.399 e. The van der Waals surface area contributed by atoms with Crippen LogP contribution in [-0.2, 0) is 6.42 Å². The van der Waals surface area contributed by atoms with Gasteiger partial charge in [-0.2, -0.15) is 5.10 Å². The average Bonchev–Trinajstić information content (AvgIpc) is 2.81. The Labute approximate surface area is 125 Å². The van der Waals surface area contributed by atoms with Crippen LogP contribution in [0.3, 0.4) is 0 Å². The van der Waals surface area contributed by atoms with Crippen LogP contribution in [0.5, 0.6) is 0 Å². The zero-order chi connectivity index (χ0) is 14.5. The fourth-order valence-corrected chi connectivity index (χ4v) is 2.84. The molecule has 1 aliphatic heterocycles. The van der Waals surface area contributed by atoms with Crippen molar-refractivity contribution in [1.82, 2.24) is 20.1 Å². The second-order valence-electron chi connectivity index (χ2n) is 5.74. The molecule has 1 aromatic heterocycles. The predicted molar refractivity (Wildman–Crippen MR) is 84.8 cm³/mol. The normalized spacial score (nSPS) is 16.8. The molecule has 1 aliphatic rings. The van der Waals surface area contributed by atoms with Crippen LogP contribution >= 0.6 is 0 Å². The van der Waals surface area contributed by atoms with E-state index in [0.717, 1.165) is 35.9 Å². The maximum absolute atomic E-state index is 5.80. The van der Waals surface area contributed by atoms with Gasteiger partial charge in [-0.25, -0.2) is 4.98 Å². The first-order chi connectivity index (χ1) is 10.3. The lowest BCUT2D eigenvalue weighted by Crippen LogP contribution is -2.27. The zero-order valence-electron chi connectivity index (χ0n) is 12.4. The summed E-state index contributed by atoms with van der Waals surface area (Å²) in [4.78, 5) is 7.12. The highest BCUT2D eigenvalue weighted by Crippen LogP contribution is 2.17. The van der Waals surface area contributed by atoms with E-state index in [1.807, 2.05) is 24.3 Å². The summed E-state index contributed by atoms with van der Waals surface area (Å²) >= 11 is 0. The number of anilines is 1. The number of aromatic nitrogens is 3. The number of likely N-dealkylation sites (tertiary alicyclic amines) is 1. The minimum absolute atomic E-state index is 0.730. The maximum Gasteiger partial charge on any atom is 0.181 e. The molecular weight excluding hydrogens is 262 g/mol. The molecule has 3 rings (SSSR count). The first-order valence-electron chi connectivity index (χ1n) is 7.81. The fraction of sp³-hybridized carbons (Fsp3) is 0.500. The number of nitrogen functional groups attached to an aromatic ring is 1. The van der Waals surface area contributed by atoms with Crippen molar-refractivity contribution in [2.75, 3.05) is 25.4 Å². The highest BCUT2D eigenvalue weighted by atomic mass is 15.2. The lowest BCUT2D eigenvalue weighted by molar-refractivity contribution is 0.287. The molecule has 1 saturated heterocycles. The molecule has 0 spiro atoms. The highest BCUT2D eigenvalue weighted by molar-refractivity contribution is 5.60. The summed E-state index contributed by atoms with van der Waals surface area (Å²) in [5.41, 5.74) is 7.51. The molecule has 1 aromatic carbocycles. The molecule has 3 N–H and O–H groups in total. The van der Waals surface area contributed by atoms with Gasteiger partial charge in [0, 0.05) is 24.2 Å². The topological polar surface area (TPSA) is 70.8 Å². The molecule has 0 unspecified atom stereocenters. The number of rotatable bonds is 4. The number of aromatic amines is 1. The first kappa shape index (κ1) is 14.1. The quantitative estimate of drug-likeness (QED) is 0.847. The molecule has 0 atom stereocenters. The molecule has 1 fully saturated rings. The third-order valence-electron chi connectivity index (χ3n) is 4.04.